The maximum Gasteiger partial charge on any atom is 0.422 e. The Morgan fingerprint density at radius 1 is 1.18 bits per heavy atom. The molecule has 0 heterocycles. The number of halogens is 3. The maximum absolute atomic E-state index is 12.4. The summed E-state index contributed by atoms with van der Waals surface area (Å²) < 4.78 is 47.1. The molecule has 2 aromatic carbocycles. The van der Waals surface area contributed by atoms with Gasteiger partial charge in [0.2, 0.25) is 0 Å². The molecule has 28 heavy (non-hydrogen) atoms. The van der Waals surface area contributed by atoms with Crippen molar-refractivity contribution in [3.8, 4) is 11.5 Å². The van der Waals surface area contributed by atoms with E-state index in [2.05, 4.69) is 16.7 Å². The fourth-order valence-corrected chi connectivity index (χ4v) is 3.26. The third-order valence-corrected chi connectivity index (χ3v) is 4.49. The molecule has 8 heteroatoms. The largest absolute Gasteiger partial charge is 0.493 e. The Bertz CT molecular complexity index is 840. The van der Waals surface area contributed by atoms with Gasteiger partial charge in [0, 0.05) is 11.8 Å². The minimum atomic E-state index is -4.47. The number of alkyl halides is 3. The smallest absolute Gasteiger partial charge is 0.422 e. The predicted octanol–water partition coefficient (Wildman–Crippen LogP) is 4.84. The second-order valence-corrected chi connectivity index (χ2v) is 6.51. The second kappa shape index (κ2) is 8.41. The van der Waals surface area contributed by atoms with E-state index in [-0.39, 0.29) is 17.5 Å². The van der Waals surface area contributed by atoms with Gasteiger partial charge in [0.1, 0.15) is 0 Å². The van der Waals surface area contributed by atoms with E-state index in [1.807, 2.05) is 18.2 Å². The standard InChI is InChI=1S/C20H21F3N2O3/c1-27-17-10-9-14(11-18(17)28-12-20(21,22)23)24-19(26)25-16-8-4-6-13-5-2-3-7-15(13)16/h2-3,5,7,9-11,16H,4,6,8,12H2,1H3,(H2,24,25,26). The number of benzene rings is 2. The lowest BCUT2D eigenvalue weighted by Gasteiger charge is -2.26. The Morgan fingerprint density at radius 3 is 2.71 bits per heavy atom. The van der Waals surface area contributed by atoms with Crippen LogP contribution in [0.15, 0.2) is 42.5 Å². The first-order chi connectivity index (χ1) is 13.4. The normalized spacial score (nSPS) is 16.1. The average Bonchev–Trinajstić information content (AvgIpc) is 2.66. The van der Waals surface area contributed by atoms with Crippen LogP contribution in [-0.2, 0) is 6.42 Å². The molecule has 1 aliphatic rings. The van der Waals surface area contributed by atoms with Crippen molar-refractivity contribution >= 4 is 11.7 Å². The molecule has 0 aromatic heterocycles. The van der Waals surface area contributed by atoms with Crippen molar-refractivity contribution in [2.24, 2.45) is 0 Å². The van der Waals surface area contributed by atoms with E-state index in [4.69, 9.17) is 9.47 Å². The van der Waals surface area contributed by atoms with Crippen LogP contribution in [0.2, 0.25) is 0 Å². The first-order valence-electron chi connectivity index (χ1n) is 8.88. The van der Waals surface area contributed by atoms with Crippen LogP contribution in [0.25, 0.3) is 0 Å². The third kappa shape index (κ3) is 5.09. The summed E-state index contributed by atoms with van der Waals surface area (Å²) >= 11 is 0. The summed E-state index contributed by atoms with van der Waals surface area (Å²) in [5.41, 5.74) is 2.61. The van der Waals surface area contributed by atoms with Crippen LogP contribution in [-0.4, -0.2) is 25.9 Å². The van der Waals surface area contributed by atoms with Crippen LogP contribution >= 0.6 is 0 Å². The number of amides is 2. The first-order valence-corrected chi connectivity index (χ1v) is 8.88. The number of urea groups is 1. The highest BCUT2D eigenvalue weighted by Crippen LogP contribution is 2.32. The van der Waals surface area contributed by atoms with Gasteiger partial charge in [0.05, 0.1) is 13.2 Å². The third-order valence-electron chi connectivity index (χ3n) is 4.49. The molecule has 0 fully saturated rings. The molecular weight excluding hydrogens is 373 g/mol. The number of anilines is 1. The van der Waals surface area contributed by atoms with E-state index in [1.54, 1.807) is 0 Å². The number of nitrogens with one attached hydrogen (secondary N) is 2. The number of hydrogen-bond acceptors (Lipinski definition) is 3. The van der Waals surface area contributed by atoms with E-state index < -0.39 is 18.8 Å². The van der Waals surface area contributed by atoms with Gasteiger partial charge in [-0.05, 0) is 42.5 Å². The summed E-state index contributed by atoms with van der Waals surface area (Å²) in [5.74, 6) is 0.0528. The lowest BCUT2D eigenvalue weighted by Crippen LogP contribution is -2.34. The van der Waals surface area contributed by atoms with Gasteiger partial charge in [0.25, 0.3) is 0 Å². The molecule has 1 atom stereocenters. The topological polar surface area (TPSA) is 59.6 Å². The Hall–Kier alpha value is -2.90. The molecule has 2 N–H and O–H groups in total. The number of rotatable bonds is 5. The van der Waals surface area contributed by atoms with Gasteiger partial charge in [-0.15, -0.1) is 0 Å². The minimum absolute atomic E-state index is 0.0966. The lowest BCUT2D eigenvalue weighted by atomic mass is 9.88. The first kappa shape index (κ1) is 19.9. The molecule has 3 rings (SSSR count). The van der Waals surface area contributed by atoms with Gasteiger partial charge in [-0.3, -0.25) is 0 Å². The molecule has 1 unspecified atom stereocenters. The number of hydrogen-bond donors (Lipinski definition) is 2. The number of ether oxygens (including phenoxy) is 2. The Balaban J connectivity index is 1.67. The Labute approximate surface area is 160 Å². The van der Waals surface area contributed by atoms with Gasteiger partial charge in [-0.25, -0.2) is 4.79 Å². The molecule has 0 spiro atoms. The molecule has 5 nitrogen and oxygen atoms in total. The van der Waals surface area contributed by atoms with Crippen molar-refractivity contribution in [3.63, 3.8) is 0 Å². The SMILES string of the molecule is COc1ccc(NC(=O)NC2CCCc3ccccc32)cc1OCC(F)(F)F. The highest BCUT2D eigenvalue weighted by Gasteiger charge is 2.29. The van der Waals surface area contributed by atoms with Crippen LogP contribution in [0.5, 0.6) is 11.5 Å². The fourth-order valence-electron chi connectivity index (χ4n) is 3.26. The molecule has 0 bridgehead atoms. The molecule has 2 aromatic rings. The molecule has 0 saturated heterocycles. The zero-order valence-electron chi connectivity index (χ0n) is 15.3. The van der Waals surface area contributed by atoms with E-state index in [1.165, 1.54) is 30.9 Å². The summed E-state index contributed by atoms with van der Waals surface area (Å²) in [6, 6.07) is 11.7. The highest BCUT2D eigenvalue weighted by atomic mass is 19.4. The summed E-state index contributed by atoms with van der Waals surface area (Å²) in [6.07, 6.45) is -1.69. The molecule has 0 radical (unpaired) electrons. The lowest BCUT2D eigenvalue weighted by molar-refractivity contribution is -0.153. The zero-order chi connectivity index (χ0) is 20.1. The Kier molecular flexibility index (Phi) is 5.96. The summed E-state index contributed by atoms with van der Waals surface area (Å²) in [4.78, 5) is 12.4. The van der Waals surface area contributed by atoms with Crippen molar-refractivity contribution in [2.45, 2.75) is 31.5 Å². The van der Waals surface area contributed by atoms with Crippen LogP contribution < -0.4 is 20.1 Å². The molecule has 2 amide bonds. The quantitative estimate of drug-likeness (QED) is 0.763. The number of methoxy groups -OCH3 is 1. The van der Waals surface area contributed by atoms with Crippen LogP contribution in [0.3, 0.4) is 0 Å². The van der Waals surface area contributed by atoms with E-state index in [0.29, 0.717) is 5.69 Å². The molecule has 0 aliphatic heterocycles. The van der Waals surface area contributed by atoms with Gasteiger partial charge < -0.3 is 20.1 Å². The van der Waals surface area contributed by atoms with E-state index in [9.17, 15) is 18.0 Å². The number of fused-ring (bicyclic) bond motifs is 1. The van der Waals surface area contributed by atoms with Crippen molar-refractivity contribution < 1.29 is 27.4 Å². The van der Waals surface area contributed by atoms with Crippen LogP contribution in [0, 0.1) is 0 Å². The van der Waals surface area contributed by atoms with Crippen molar-refractivity contribution in [1.29, 1.82) is 0 Å². The van der Waals surface area contributed by atoms with Crippen molar-refractivity contribution in [3.05, 3.63) is 53.6 Å². The monoisotopic (exact) mass is 394 g/mol. The van der Waals surface area contributed by atoms with E-state index in [0.717, 1.165) is 24.8 Å². The second-order valence-electron chi connectivity index (χ2n) is 6.51. The number of aryl methyl sites for hydroxylation is 1. The van der Waals surface area contributed by atoms with Crippen molar-refractivity contribution in [1.82, 2.24) is 5.32 Å². The summed E-state index contributed by atoms with van der Waals surface area (Å²) in [6.45, 7) is -1.45. The predicted molar refractivity (Wildman–Crippen MR) is 98.8 cm³/mol. The molecule has 1 aliphatic carbocycles. The van der Waals surface area contributed by atoms with Gasteiger partial charge in [-0.2, -0.15) is 13.2 Å². The molecule has 0 saturated carbocycles. The summed E-state index contributed by atoms with van der Waals surface area (Å²) in [7, 11) is 1.33. The maximum atomic E-state index is 12.4. The van der Waals surface area contributed by atoms with Crippen LogP contribution in [0.4, 0.5) is 23.7 Å². The molecular formula is C20H21F3N2O3. The van der Waals surface area contributed by atoms with Gasteiger partial charge >= 0.3 is 12.2 Å². The highest BCUT2D eigenvalue weighted by molar-refractivity contribution is 5.90. The fraction of sp³-hybridized carbons (Fsp3) is 0.350. The number of carbonyl (C=O) groups excluding carboxylic acids is 1. The van der Waals surface area contributed by atoms with Crippen molar-refractivity contribution in [2.75, 3.05) is 19.0 Å². The zero-order valence-corrected chi connectivity index (χ0v) is 15.3. The van der Waals surface area contributed by atoms with Gasteiger partial charge in [0.15, 0.2) is 18.1 Å². The average molecular weight is 394 g/mol. The minimum Gasteiger partial charge on any atom is -0.493 e. The molecule has 150 valence electrons. The number of carbonyl (C=O) groups is 1. The van der Waals surface area contributed by atoms with E-state index >= 15 is 0 Å². The van der Waals surface area contributed by atoms with Gasteiger partial charge in [-0.1, -0.05) is 24.3 Å². The Morgan fingerprint density at radius 2 is 1.96 bits per heavy atom. The van der Waals surface area contributed by atoms with Crippen LogP contribution in [0.1, 0.15) is 30.0 Å². The summed E-state index contributed by atoms with van der Waals surface area (Å²) in [5, 5.41) is 5.57.